The molecule has 0 aliphatic heterocycles. The van der Waals surface area contributed by atoms with E-state index in [1.165, 1.54) is 11.8 Å². The van der Waals surface area contributed by atoms with E-state index in [4.69, 9.17) is 21.4 Å². The van der Waals surface area contributed by atoms with Crippen LogP contribution in [0.25, 0.3) is 0 Å². The smallest absolute Gasteiger partial charge is 0.303 e. The molecule has 0 radical (unpaired) electrons. The zero-order valence-corrected chi connectivity index (χ0v) is 17.8. The lowest BCUT2D eigenvalue weighted by atomic mass is 10.0. The first-order valence-electron chi connectivity index (χ1n) is 9.77. The van der Waals surface area contributed by atoms with Crippen molar-refractivity contribution in [1.82, 2.24) is 0 Å². The van der Waals surface area contributed by atoms with Crippen LogP contribution in [-0.4, -0.2) is 62.3 Å². The summed E-state index contributed by atoms with van der Waals surface area (Å²) in [4.78, 5) is 10.5. The Bertz CT molecular complexity index is 670. The van der Waals surface area contributed by atoms with Crippen LogP contribution in [0.15, 0.2) is 36.4 Å². The molecule has 29 heavy (non-hydrogen) atoms. The van der Waals surface area contributed by atoms with E-state index < -0.39 is 24.3 Å². The van der Waals surface area contributed by atoms with Gasteiger partial charge in [-0.3, -0.25) is 4.79 Å². The molecule has 1 aromatic carbocycles. The van der Waals surface area contributed by atoms with Gasteiger partial charge in [0, 0.05) is 34.8 Å². The van der Waals surface area contributed by atoms with Gasteiger partial charge in [-0.2, -0.15) is 11.8 Å². The first kappa shape index (κ1) is 24.0. The van der Waals surface area contributed by atoms with Crippen LogP contribution >= 0.6 is 23.4 Å². The van der Waals surface area contributed by atoms with E-state index >= 15 is 0 Å². The number of halogens is 1. The number of carbonyl (C=O) groups is 1. The number of carboxylic acid groups (broad SMARTS) is 1. The van der Waals surface area contributed by atoms with E-state index in [0.29, 0.717) is 42.2 Å². The molecule has 1 aliphatic carbocycles. The SMILES string of the molecule is O=C(O)CCCC=CC[C@@H]1[C@@H](SCC(O)COc2cccc(Cl)c2)[C@H](O)C[C@@H]1O. The van der Waals surface area contributed by atoms with Crippen LogP contribution in [-0.2, 0) is 4.79 Å². The molecule has 0 bridgehead atoms. The Hall–Kier alpha value is -1.25. The van der Waals surface area contributed by atoms with Gasteiger partial charge in [-0.05, 0) is 37.5 Å². The summed E-state index contributed by atoms with van der Waals surface area (Å²) in [5.74, 6) is 0.0612. The molecule has 1 aromatic rings. The number of rotatable bonds is 12. The van der Waals surface area contributed by atoms with Gasteiger partial charge in [0.05, 0.1) is 18.3 Å². The van der Waals surface area contributed by atoms with Crippen LogP contribution in [0.1, 0.15) is 32.1 Å². The van der Waals surface area contributed by atoms with Crippen LogP contribution in [0.3, 0.4) is 0 Å². The molecule has 6 nitrogen and oxygen atoms in total. The van der Waals surface area contributed by atoms with Gasteiger partial charge in [-0.25, -0.2) is 0 Å². The normalized spacial score (nSPS) is 25.4. The van der Waals surface area contributed by atoms with Crippen molar-refractivity contribution in [2.45, 2.75) is 55.7 Å². The molecule has 162 valence electrons. The van der Waals surface area contributed by atoms with E-state index in [2.05, 4.69) is 0 Å². The summed E-state index contributed by atoms with van der Waals surface area (Å²) >= 11 is 7.35. The van der Waals surface area contributed by atoms with Gasteiger partial charge >= 0.3 is 5.97 Å². The molecule has 1 aliphatic rings. The van der Waals surface area contributed by atoms with Crippen LogP contribution in [0, 0.1) is 5.92 Å². The van der Waals surface area contributed by atoms with Crippen molar-refractivity contribution in [3.05, 3.63) is 41.4 Å². The highest BCUT2D eigenvalue weighted by atomic mass is 35.5. The highest BCUT2D eigenvalue weighted by molar-refractivity contribution is 8.00. The van der Waals surface area contributed by atoms with Crippen molar-refractivity contribution in [2.24, 2.45) is 5.92 Å². The van der Waals surface area contributed by atoms with Gasteiger partial charge in [0.1, 0.15) is 12.4 Å². The molecule has 5 atom stereocenters. The second-order valence-electron chi connectivity index (χ2n) is 7.25. The Balaban J connectivity index is 1.75. The number of allylic oxidation sites excluding steroid dienone is 2. The number of aliphatic hydroxyl groups is 3. The van der Waals surface area contributed by atoms with Crippen LogP contribution in [0.4, 0.5) is 0 Å². The molecule has 2 rings (SSSR count). The van der Waals surface area contributed by atoms with E-state index in [0.717, 1.165) is 0 Å². The maximum atomic E-state index is 10.5. The average Bonchev–Trinajstić information content (AvgIpc) is 2.93. The van der Waals surface area contributed by atoms with Crippen LogP contribution in [0.5, 0.6) is 5.75 Å². The van der Waals surface area contributed by atoms with Crippen molar-refractivity contribution in [1.29, 1.82) is 0 Å². The van der Waals surface area contributed by atoms with Crippen LogP contribution < -0.4 is 4.74 Å². The predicted molar refractivity (Wildman–Crippen MR) is 115 cm³/mol. The van der Waals surface area contributed by atoms with Crippen molar-refractivity contribution < 1.29 is 30.0 Å². The Morgan fingerprint density at radius 2 is 2.10 bits per heavy atom. The summed E-state index contributed by atoms with van der Waals surface area (Å²) in [6.45, 7) is 0.118. The largest absolute Gasteiger partial charge is 0.491 e. The molecule has 0 spiro atoms. The number of hydrogen-bond acceptors (Lipinski definition) is 6. The van der Waals surface area contributed by atoms with E-state index in [-0.39, 0.29) is 24.2 Å². The van der Waals surface area contributed by atoms with Crippen molar-refractivity contribution in [3.63, 3.8) is 0 Å². The van der Waals surface area contributed by atoms with Crippen LogP contribution in [0.2, 0.25) is 5.02 Å². The lowest BCUT2D eigenvalue weighted by Crippen LogP contribution is -2.28. The van der Waals surface area contributed by atoms with Gasteiger partial charge in [0.2, 0.25) is 0 Å². The molecule has 8 heteroatoms. The summed E-state index contributed by atoms with van der Waals surface area (Å²) in [7, 11) is 0. The third-order valence-electron chi connectivity index (χ3n) is 4.83. The number of unbranched alkanes of at least 4 members (excludes halogenated alkanes) is 1. The summed E-state index contributed by atoms with van der Waals surface area (Å²) in [5.41, 5.74) is 0. The molecule has 0 aromatic heterocycles. The molecule has 1 fully saturated rings. The average molecular weight is 445 g/mol. The van der Waals surface area contributed by atoms with Crippen molar-refractivity contribution in [2.75, 3.05) is 12.4 Å². The Kier molecular flexibility index (Phi) is 10.3. The first-order chi connectivity index (χ1) is 13.9. The third-order valence-corrected chi connectivity index (χ3v) is 6.70. The van der Waals surface area contributed by atoms with Gasteiger partial charge in [-0.15, -0.1) is 0 Å². The summed E-state index contributed by atoms with van der Waals surface area (Å²) in [5, 5.41) is 39.8. The highest BCUT2D eigenvalue weighted by Crippen LogP contribution is 2.38. The highest BCUT2D eigenvalue weighted by Gasteiger charge is 2.41. The Morgan fingerprint density at radius 1 is 1.31 bits per heavy atom. The van der Waals surface area contributed by atoms with Gasteiger partial charge in [0.25, 0.3) is 0 Å². The van der Waals surface area contributed by atoms with Crippen molar-refractivity contribution >= 4 is 29.3 Å². The molecule has 1 unspecified atom stereocenters. The maximum Gasteiger partial charge on any atom is 0.303 e. The van der Waals surface area contributed by atoms with Gasteiger partial charge < -0.3 is 25.2 Å². The monoisotopic (exact) mass is 444 g/mol. The third kappa shape index (κ3) is 8.56. The number of aliphatic carboxylic acids is 1. The van der Waals surface area contributed by atoms with E-state index in [1.807, 2.05) is 12.2 Å². The Morgan fingerprint density at radius 3 is 2.83 bits per heavy atom. The summed E-state index contributed by atoms with van der Waals surface area (Å²) in [6, 6.07) is 6.96. The quantitative estimate of drug-likeness (QED) is 0.290. The molecular weight excluding hydrogens is 416 g/mol. The number of benzene rings is 1. The molecule has 0 amide bonds. The topological polar surface area (TPSA) is 107 Å². The molecular formula is C21H29ClO6S. The van der Waals surface area contributed by atoms with Gasteiger partial charge in [-0.1, -0.05) is 29.8 Å². The zero-order chi connectivity index (χ0) is 21.2. The van der Waals surface area contributed by atoms with Crippen molar-refractivity contribution in [3.8, 4) is 5.75 Å². The first-order valence-corrected chi connectivity index (χ1v) is 11.2. The number of ether oxygens (including phenoxy) is 1. The molecule has 1 saturated carbocycles. The number of aliphatic hydroxyl groups excluding tert-OH is 3. The van der Waals surface area contributed by atoms with Gasteiger partial charge in [0.15, 0.2) is 0 Å². The molecule has 0 heterocycles. The maximum absolute atomic E-state index is 10.5. The lowest BCUT2D eigenvalue weighted by molar-refractivity contribution is -0.137. The fourth-order valence-corrected chi connectivity index (χ4v) is 4.94. The molecule has 0 saturated heterocycles. The number of carboxylic acids is 1. The second-order valence-corrected chi connectivity index (χ2v) is 8.89. The number of thioether (sulfide) groups is 1. The summed E-state index contributed by atoms with van der Waals surface area (Å²) < 4.78 is 5.55. The number of hydrogen-bond donors (Lipinski definition) is 4. The predicted octanol–water partition coefficient (Wildman–Crippen LogP) is 3.12. The lowest BCUT2D eigenvalue weighted by Gasteiger charge is -2.23. The zero-order valence-electron chi connectivity index (χ0n) is 16.2. The summed E-state index contributed by atoms with van der Waals surface area (Å²) in [6.07, 6.45) is 4.28. The fraction of sp³-hybridized carbons (Fsp3) is 0.571. The molecule has 4 N–H and O–H groups in total. The minimum Gasteiger partial charge on any atom is -0.491 e. The Labute approximate surface area is 180 Å². The minimum absolute atomic E-state index is 0.105. The minimum atomic E-state index is -0.804. The standard InChI is InChI=1S/C21H29ClO6S/c22-14-6-5-7-16(10-14)28-12-15(23)13-29-21-17(18(24)11-19(21)25)8-3-1-2-4-9-20(26)27/h1,3,5-7,10,15,17-19,21,23-25H,2,4,8-9,11-13H2,(H,26,27)/t15?,17-,18-,19+,21+/m0/s1. The van der Waals surface area contributed by atoms with E-state index in [9.17, 15) is 20.1 Å². The second kappa shape index (κ2) is 12.4. The van der Waals surface area contributed by atoms with E-state index in [1.54, 1.807) is 24.3 Å². The fourth-order valence-electron chi connectivity index (χ4n) is 3.35.